The van der Waals surface area contributed by atoms with Crippen molar-refractivity contribution in [1.82, 2.24) is 19.7 Å². The van der Waals surface area contributed by atoms with E-state index in [1.807, 2.05) is 95.6 Å². The third-order valence-corrected chi connectivity index (χ3v) is 6.42. The number of benzene rings is 3. The number of hydrogen-bond acceptors (Lipinski definition) is 5. The average molecular weight is 452 g/mol. The van der Waals surface area contributed by atoms with Crippen LogP contribution in [-0.4, -0.2) is 30.9 Å². The van der Waals surface area contributed by atoms with Crippen molar-refractivity contribution < 1.29 is 4.79 Å². The van der Waals surface area contributed by atoms with E-state index < -0.39 is 11.2 Å². The van der Waals surface area contributed by atoms with E-state index in [4.69, 9.17) is 10.7 Å². The second kappa shape index (κ2) is 8.88. The summed E-state index contributed by atoms with van der Waals surface area (Å²) in [7, 11) is 0. The van der Waals surface area contributed by atoms with Gasteiger partial charge in [-0.1, -0.05) is 78.5 Å². The Bertz CT molecular complexity index is 1430. The molecule has 2 aromatic heterocycles. The van der Waals surface area contributed by atoms with Crippen LogP contribution in [0.1, 0.15) is 6.92 Å². The Balaban J connectivity index is 1.76. The lowest BCUT2D eigenvalue weighted by molar-refractivity contribution is -0.117. The lowest BCUT2D eigenvalue weighted by atomic mass is 10.0. The summed E-state index contributed by atoms with van der Waals surface area (Å²) in [6, 6.07) is 30.0. The summed E-state index contributed by atoms with van der Waals surface area (Å²) in [5.41, 5.74) is 10.1. The first-order valence-electron chi connectivity index (χ1n) is 10.5. The summed E-state index contributed by atoms with van der Waals surface area (Å²) in [6.45, 7) is 1.77. The van der Waals surface area contributed by atoms with Crippen LogP contribution >= 0.6 is 11.8 Å². The molecule has 3 aromatic carbocycles. The molecule has 1 unspecified atom stereocenters. The van der Waals surface area contributed by atoms with Gasteiger partial charge in [0.2, 0.25) is 5.91 Å². The number of para-hydroxylation sites is 2. The van der Waals surface area contributed by atoms with Gasteiger partial charge in [0.1, 0.15) is 0 Å². The van der Waals surface area contributed by atoms with Gasteiger partial charge in [0.05, 0.1) is 16.5 Å². The molecule has 0 spiro atoms. The van der Waals surface area contributed by atoms with E-state index in [1.165, 1.54) is 11.8 Å². The van der Waals surface area contributed by atoms with Crippen molar-refractivity contribution in [1.29, 1.82) is 0 Å². The predicted molar refractivity (Wildman–Crippen MR) is 132 cm³/mol. The zero-order chi connectivity index (χ0) is 22.8. The zero-order valence-electron chi connectivity index (χ0n) is 17.9. The lowest BCUT2D eigenvalue weighted by Crippen LogP contribution is -2.23. The van der Waals surface area contributed by atoms with Crippen molar-refractivity contribution in [2.24, 2.45) is 5.73 Å². The van der Waals surface area contributed by atoms with E-state index in [-0.39, 0.29) is 0 Å². The fourth-order valence-corrected chi connectivity index (χ4v) is 4.48. The highest BCUT2D eigenvalue weighted by Crippen LogP contribution is 2.35. The molecule has 0 fully saturated rings. The molecule has 0 aliphatic rings. The number of nitrogens with zero attached hydrogens (tertiary/aromatic N) is 4. The number of pyridine rings is 1. The van der Waals surface area contributed by atoms with E-state index in [2.05, 4.69) is 10.2 Å². The lowest BCUT2D eigenvalue weighted by Gasteiger charge is -2.14. The first-order valence-corrected chi connectivity index (χ1v) is 11.4. The molecule has 2 heterocycles. The summed E-state index contributed by atoms with van der Waals surface area (Å²) in [6.07, 6.45) is 0. The molecule has 6 nitrogen and oxygen atoms in total. The molecule has 0 saturated heterocycles. The van der Waals surface area contributed by atoms with Gasteiger partial charge in [0.15, 0.2) is 11.0 Å². The fourth-order valence-electron chi connectivity index (χ4n) is 3.66. The zero-order valence-corrected chi connectivity index (χ0v) is 18.7. The van der Waals surface area contributed by atoms with Crippen molar-refractivity contribution >= 4 is 28.6 Å². The normalized spacial score (nSPS) is 12.0. The number of carbonyl (C=O) groups excluding carboxylic acids is 1. The number of primary amides is 1. The topological polar surface area (TPSA) is 86.7 Å². The van der Waals surface area contributed by atoms with E-state index >= 15 is 0 Å². The molecule has 1 amide bonds. The molecular weight excluding hydrogens is 430 g/mol. The number of hydrogen-bond donors (Lipinski definition) is 1. The van der Waals surface area contributed by atoms with Crippen LogP contribution in [0.15, 0.2) is 96.2 Å². The molecule has 0 radical (unpaired) electrons. The predicted octanol–water partition coefficient (Wildman–Crippen LogP) is 5.12. The van der Waals surface area contributed by atoms with Crippen LogP contribution in [0.2, 0.25) is 0 Å². The smallest absolute Gasteiger partial charge is 0.230 e. The molecule has 0 bridgehead atoms. The van der Waals surface area contributed by atoms with Crippen LogP contribution < -0.4 is 5.73 Å². The molecule has 0 aliphatic carbocycles. The minimum Gasteiger partial charge on any atom is -0.369 e. The van der Waals surface area contributed by atoms with E-state index in [1.54, 1.807) is 6.92 Å². The van der Waals surface area contributed by atoms with Crippen LogP contribution in [0.25, 0.3) is 39.2 Å². The first kappa shape index (κ1) is 20.9. The maximum absolute atomic E-state index is 11.7. The molecule has 2 N–H and O–H groups in total. The van der Waals surface area contributed by atoms with Crippen molar-refractivity contribution in [3.63, 3.8) is 0 Å². The number of carbonyl (C=O) groups is 1. The number of fused-ring (bicyclic) bond motifs is 1. The van der Waals surface area contributed by atoms with Gasteiger partial charge >= 0.3 is 0 Å². The first-order chi connectivity index (χ1) is 16.1. The molecule has 0 aliphatic heterocycles. The number of nitrogens with two attached hydrogens (primary N) is 1. The molecule has 33 heavy (non-hydrogen) atoms. The number of thioether (sulfide) groups is 1. The third kappa shape index (κ3) is 4.10. The maximum atomic E-state index is 11.7. The standard InChI is InChI=1S/C26H21N5OS/c1-17(24(27)32)33-26-30-29-25(31(26)19-12-6-3-7-13-19)21-16-23(18-10-4-2-5-11-18)28-22-15-9-8-14-20(21)22/h2-17H,1H3,(H2,27,32). The van der Waals surface area contributed by atoms with Crippen molar-refractivity contribution in [3.05, 3.63) is 91.0 Å². The highest BCUT2D eigenvalue weighted by atomic mass is 32.2. The van der Waals surface area contributed by atoms with Gasteiger partial charge in [-0.3, -0.25) is 9.36 Å². The summed E-state index contributed by atoms with van der Waals surface area (Å²) in [5, 5.41) is 10.1. The second-order valence-electron chi connectivity index (χ2n) is 7.58. The Morgan fingerprint density at radius 3 is 2.30 bits per heavy atom. The summed E-state index contributed by atoms with van der Waals surface area (Å²) < 4.78 is 1.97. The number of aromatic nitrogens is 4. The van der Waals surface area contributed by atoms with Gasteiger partial charge in [-0.15, -0.1) is 10.2 Å². The van der Waals surface area contributed by atoms with Gasteiger partial charge < -0.3 is 5.73 Å². The Morgan fingerprint density at radius 1 is 0.909 bits per heavy atom. The summed E-state index contributed by atoms with van der Waals surface area (Å²) >= 11 is 1.29. The van der Waals surface area contributed by atoms with Crippen LogP contribution in [0, 0.1) is 0 Å². The molecule has 1 atom stereocenters. The molecule has 0 saturated carbocycles. The van der Waals surface area contributed by atoms with Gasteiger partial charge in [-0.05, 0) is 31.2 Å². The molecule has 5 rings (SSSR count). The average Bonchev–Trinajstić information content (AvgIpc) is 3.27. The van der Waals surface area contributed by atoms with E-state index in [0.29, 0.717) is 11.0 Å². The van der Waals surface area contributed by atoms with Crippen LogP contribution in [0.5, 0.6) is 0 Å². The number of amides is 1. The van der Waals surface area contributed by atoms with Crippen LogP contribution in [0.4, 0.5) is 0 Å². The Labute approximate surface area is 195 Å². The maximum Gasteiger partial charge on any atom is 0.230 e. The SMILES string of the molecule is CC(Sc1nnc(-c2cc(-c3ccccc3)nc3ccccc23)n1-c1ccccc1)C(N)=O. The van der Waals surface area contributed by atoms with E-state index in [0.717, 1.165) is 33.4 Å². The summed E-state index contributed by atoms with van der Waals surface area (Å²) in [4.78, 5) is 16.6. The Morgan fingerprint density at radius 2 is 1.58 bits per heavy atom. The summed E-state index contributed by atoms with van der Waals surface area (Å²) in [5.74, 6) is 0.279. The van der Waals surface area contributed by atoms with Crippen molar-refractivity contribution in [3.8, 4) is 28.3 Å². The molecular formula is C26H21N5OS. The highest BCUT2D eigenvalue weighted by molar-refractivity contribution is 8.00. The quantitative estimate of drug-likeness (QED) is 0.362. The third-order valence-electron chi connectivity index (χ3n) is 5.36. The van der Waals surface area contributed by atoms with Gasteiger partial charge in [0.25, 0.3) is 0 Å². The van der Waals surface area contributed by atoms with Gasteiger partial charge in [-0.25, -0.2) is 4.98 Å². The molecule has 162 valence electrons. The van der Waals surface area contributed by atoms with E-state index in [9.17, 15) is 4.79 Å². The van der Waals surface area contributed by atoms with Crippen LogP contribution in [-0.2, 0) is 4.79 Å². The number of rotatable bonds is 6. The fraction of sp³-hybridized carbons (Fsp3) is 0.0769. The Hall–Kier alpha value is -3.97. The minimum atomic E-state index is -0.446. The Kier molecular flexibility index (Phi) is 5.62. The van der Waals surface area contributed by atoms with Crippen molar-refractivity contribution in [2.45, 2.75) is 17.3 Å². The monoisotopic (exact) mass is 451 g/mol. The second-order valence-corrected chi connectivity index (χ2v) is 8.89. The van der Waals surface area contributed by atoms with Crippen molar-refractivity contribution in [2.75, 3.05) is 0 Å². The van der Waals surface area contributed by atoms with Gasteiger partial charge in [-0.2, -0.15) is 0 Å². The highest BCUT2D eigenvalue weighted by Gasteiger charge is 2.22. The molecule has 5 aromatic rings. The molecule has 7 heteroatoms. The largest absolute Gasteiger partial charge is 0.369 e. The van der Waals surface area contributed by atoms with Gasteiger partial charge in [0, 0.05) is 22.2 Å². The van der Waals surface area contributed by atoms with Crippen LogP contribution in [0.3, 0.4) is 0 Å². The minimum absolute atomic E-state index is 0.398.